The van der Waals surface area contributed by atoms with Gasteiger partial charge in [-0.1, -0.05) is 54.6 Å². The SMILES string of the molecule is C[n+]1c2ccccc2c(C(=O)O)c2c(-c3ccccc3)ccc(CCC(=O)ON3C(=O)CCC3=O)c21.O=S(=O)([O-])F. The zero-order valence-corrected chi connectivity index (χ0v) is 22.4. The van der Waals surface area contributed by atoms with Crippen molar-refractivity contribution in [2.45, 2.75) is 25.7 Å². The molecule has 2 heterocycles. The van der Waals surface area contributed by atoms with Gasteiger partial charge in [0.05, 0.1) is 22.8 Å². The molecule has 0 radical (unpaired) electrons. The number of halogens is 1. The van der Waals surface area contributed by atoms with Gasteiger partial charge in [-0.3, -0.25) is 9.59 Å². The molecule has 2 amide bonds. The Bertz CT molecular complexity index is 1780. The van der Waals surface area contributed by atoms with Crippen LogP contribution in [0.2, 0.25) is 0 Å². The summed E-state index contributed by atoms with van der Waals surface area (Å²) in [5.74, 6) is -2.82. The van der Waals surface area contributed by atoms with E-state index in [1.54, 1.807) is 6.07 Å². The molecule has 0 bridgehead atoms. The van der Waals surface area contributed by atoms with Crippen LogP contribution in [0.1, 0.15) is 35.2 Å². The van der Waals surface area contributed by atoms with Gasteiger partial charge in [-0.05, 0) is 23.6 Å². The molecule has 1 fully saturated rings. The summed E-state index contributed by atoms with van der Waals surface area (Å²) < 4.78 is 37.3. The average Bonchev–Trinajstić information content (AvgIpc) is 3.23. The molecule has 212 valence electrons. The van der Waals surface area contributed by atoms with Gasteiger partial charge >= 0.3 is 11.9 Å². The van der Waals surface area contributed by atoms with Crippen LogP contribution >= 0.6 is 0 Å². The van der Waals surface area contributed by atoms with E-state index in [0.29, 0.717) is 21.4 Å². The Hall–Kier alpha value is -4.75. The number of carboxylic acid groups (broad SMARTS) is 1. The van der Waals surface area contributed by atoms with E-state index in [2.05, 4.69) is 0 Å². The van der Waals surface area contributed by atoms with E-state index in [1.165, 1.54) is 0 Å². The highest BCUT2D eigenvalue weighted by Gasteiger charge is 2.33. The standard InChI is InChI=1S/C28H22N2O6.FHO3S/c1-29-21-10-6-5-9-20(21)26(28(34)35)25-19(17-7-3-2-4-8-17)13-11-18(27(25)29)12-16-24(33)36-30-22(31)14-15-23(30)32;1-5(2,3)4/h2-11,13H,12,14-16H2,1H3;(H,2,3,4). The first-order valence-corrected chi connectivity index (χ1v) is 13.5. The van der Waals surface area contributed by atoms with Crippen molar-refractivity contribution in [1.29, 1.82) is 0 Å². The minimum Gasteiger partial charge on any atom is -0.722 e. The monoisotopic (exact) mass is 582 g/mol. The fourth-order valence-corrected chi connectivity index (χ4v) is 4.83. The number of hydrogen-bond donors (Lipinski definition) is 1. The Labute approximate surface area is 233 Å². The van der Waals surface area contributed by atoms with Gasteiger partial charge in [0, 0.05) is 24.5 Å². The van der Waals surface area contributed by atoms with Crippen LogP contribution in [0.5, 0.6) is 0 Å². The van der Waals surface area contributed by atoms with Crippen molar-refractivity contribution in [1.82, 2.24) is 5.06 Å². The van der Waals surface area contributed by atoms with Crippen molar-refractivity contribution in [3.05, 3.63) is 77.9 Å². The van der Waals surface area contributed by atoms with Crippen molar-refractivity contribution in [3.8, 4) is 11.1 Å². The predicted octanol–water partition coefficient (Wildman–Crippen LogP) is 3.14. The quantitative estimate of drug-likeness (QED) is 0.118. The van der Waals surface area contributed by atoms with E-state index in [0.717, 1.165) is 22.2 Å². The second-order valence-corrected chi connectivity index (χ2v) is 9.84. The average molecular weight is 583 g/mol. The molecule has 0 unspecified atom stereocenters. The number of aromatic nitrogens is 1. The first-order chi connectivity index (χ1) is 19.4. The summed E-state index contributed by atoms with van der Waals surface area (Å²) in [4.78, 5) is 53.7. The highest BCUT2D eigenvalue weighted by atomic mass is 32.3. The van der Waals surface area contributed by atoms with Crippen molar-refractivity contribution >= 4 is 56.1 Å². The van der Waals surface area contributed by atoms with Crippen molar-refractivity contribution in [3.63, 3.8) is 0 Å². The molecule has 4 aromatic rings. The molecule has 41 heavy (non-hydrogen) atoms. The van der Waals surface area contributed by atoms with Crippen LogP contribution in [-0.4, -0.2) is 46.9 Å². The maximum Gasteiger partial charge on any atom is 0.337 e. The molecule has 11 nitrogen and oxygen atoms in total. The molecule has 3 aromatic carbocycles. The maximum atomic E-state index is 12.6. The lowest BCUT2D eigenvalue weighted by Gasteiger charge is -2.15. The summed E-state index contributed by atoms with van der Waals surface area (Å²) in [7, 11) is -3.55. The third-order valence-electron chi connectivity index (χ3n) is 6.48. The van der Waals surface area contributed by atoms with Gasteiger partial charge < -0.3 is 14.5 Å². The number of hydrogen-bond acceptors (Lipinski definition) is 8. The molecule has 0 aliphatic carbocycles. The molecule has 1 N–H and O–H groups in total. The minimum atomic E-state index is -5.42. The van der Waals surface area contributed by atoms with E-state index in [-0.39, 0.29) is 31.2 Å². The lowest BCUT2D eigenvalue weighted by molar-refractivity contribution is -0.618. The maximum absolute atomic E-state index is 12.6. The molecule has 1 aromatic heterocycles. The fourth-order valence-electron chi connectivity index (χ4n) is 4.83. The summed E-state index contributed by atoms with van der Waals surface area (Å²) in [6.45, 7) is 0. The van der Waals surface area contributed by atoms with E-state index in [9.17, 15) is 28.2 Å². The second-order valence-electron chi connectivity index (χ2n) is 9.06. The number of hydroxylamine groups is 2. The highest BCUT2D eigenvalue weighted by molar-refractivity contribution is 7.80. The normalized spacial score (nSPS) is 13.3. The zero-order chi connectivity index (χ0) is 29.9. The van der Waals surface area contributed by atoms with Gasteiger partial charge in [-0.15, -0.1) is 8.95 Å². The van der Waals surface area contributed by atoms with Crippen LogP contribution in [0.3, 0.4) is 0 Å². The Balaban J connectivity index is 0.000000714. The number of aryl methyl sites for hydroxylation is 2. The van der Waals surface area contributed by atoms with Crippen molar-refractivity contribution in [2.75, 3.05) is 0 Å². The van der Waals surface area contributed by atoms with Crippen LogP contribution in [0.4, 0.5) is 3.89 Å². The zero-order valence-electron chi connectivity index (χ0n) is 21.6. The summed E-state index contributed by atoms with van der Waals surface area (Å²) in [6, 6.07) is 20.6. The number of pyridine rings is 1. The summed E-state index contributed by atoms with van der Waals surface area (Å²) in [5, 5.41) is 12.0. The van der Waals surface area contributed by atoms with Gasteiger partial charge in [0.2, 0.25) is 11.0 Å². The van der Waals surface area contributed by atoms with Gasteiger partial charge in [-0.2, -0.15) is 4.57 Å². The number of aromatic carboxylic acids is 1. The van der Waals surface area contributed by atoms with Crippen LogP contribution in [-0.2, 0) is 43.2 Å². The van der Waals surface area contributed by atoms with Crippen LogP contribution < -0.4 is 4.57 Å². The van der Waals surface area contributed by atoms with Gasteiger partial charge in [0.25, 0.3) is 22.3 Å². The molecule has 0 atom stereocenters. The molecule has 5 rings (SSSR count). The summed E-state index contributed by atoms with van der Waals surface area (Å²) >= 11 is 0. The fraction of sp³-hybridized carbons (Fsp3) is 0.179. The lowest BCUT2D eigenvalue weighted by atomic mass is 9.91. The number of fused-ring (bicyclic) bond motifs is 2. The topological polar surface area (TPSA) is 162 Å². The Kier molecular flexibility index (Phi) is 8.40. The number of carbonyl (C=O) groups excluding carboxylic acids is 3. The molecule has 1 saturated heterocycles. The summed E-state index contributed by atoms with van der Waals surface area (Å²) in [6.07, 6.45) is 0.190. The van der Waals surface area contributed by atoms with Gasteiger partial charge in [0.1, 0.15) is 7.05 Å². The van der Waals surface area contributed by atoms with Gasteiger partial charge in [-0.25, -0.2) is 18.0 Å². The van der Waals surface area contributed by atoms with Crippen LogP contribution in [0.15, 0.2) is 66.7 Å². The molecular formula is C28H23FN2O9S. The molecule has 0 spiro atoms. The predicted molar refractivity (Wildman–Crippen MR) is 141 cm³/mol. The number of carboxylic acids is 1. The smallest absolute Gasteiger partial charge is 0.337 e. The number of carbonyl (C=O) groups is 4. The van der Waals surface area contributed by atoms with E-state index < -0.39 is 34.3 Å². The summed E-state index contributed by atoms with van der Waals surface area (Å²) in [5.41, 5.74) is 4.01. The van der Waals surface area contributed by atoms with Crippen LogP contribution in [0.25, 0.3) is 32.9 Å². The third kappa shape index (κ3) is 6.53. The van der Waals surface area contributed by atoms with E-state index in [1.807, 2.05) is 72.3 Å². The number of benzene rings is 3. The number of imide groups is 1. The van der Waals surface area contributed by atoms with E-state index >= 15 is 0 Å². The number of amides is 2. The lowest BCUT2D eigenvalue weighted by Crippen LogP contribution is -2.33. The number of para-hydroxylation sites is 1. The number of nitrogens with zero attached hydrogens (tertiary/aromatic N) is 2. The number of rotatable bonds is 6. The Morgan fingerprint density at radius 1 is 1.00 bits per heavy atom. The third-order valence-corrected chi connectivity index (χ3v) is 6.48. The molecule has 13 heteroatoms. The minimum absolute atomic E-state index is 0.0264. The first kappa shape index (κ1) is 29.2. The molecule has 0 saturated carbocycles. The Morgan fingerprint density at radius 3 is 2.20 bits per heavy atom. The molecule has 1 aliphatic heterocycles. The largest absolute Gasteiger partial charge is 0.722 e. The first-order valence-electron chi connectivity index (χ1n) is 12.2. The molecule has 1 aliphatic rings. The second kappa shape index (κ2) is 11.8. The van der Waals surface area contributed by atoms with Crippen molar-refractivity contribution in [2.24, 2.45) is 7.05 Å². The highest BCUT2D eigenvalue weighted by Crippen LogP contribution is 2.35. The van der Waals surface area contributed by atoms with Crippen molar-refractivity contribution < 1.29 is 50.5 Å². The molecular weight excluding hydrogens is 559 g/mol. The Morgan fingerprint density at radius 2 is 1.59 bits per heavy atom. The van der Waals surface area contributed by atoms with Crippen LogP contribution in [0, 0.1) is 0 Å². The van der Waals surface area contributed by atoms with E-state index in [4.69, 9.17) is 17.8 Å². The van der Waals surface area contributed by atoms with Gasteiger partial charge in [0.15, 0.2) is 0 Å².